The molecule has 2 rings (SSSR count). The summed E-state index contributed by atoms with van der Waals surface area (Å²) in [4.78, 5) is 61.2. The molecule has 1 saturated heterocycles. The second kappa shape index (κ2) is 8.79. The van der Waals surface area contributed by atoms with Crippen LogP contribution < -0.4 is 10.6 Å². The molecule has 2 aliphatic rings. The average Bonchev–Trinajstić information content (AvgIpc) is 2.90. The van der Waals surface area contributed by atoms with Gasteiger partial charge in [0.2, 0.25) is 11.8 Å². The Balaban J connectivity index is 1.85. The molecule has 9 nitrogen and oxygen atoms in total. The summed E-state index contributed by atoms with van der Waals surface area (Å²) < 4.78 is 4.87. The highest BCUT2D eigenvalue weighted by Gasteiger charge is 2.50. The first kappa shape index (κ1) is 20.6. The lowest BCUT2D eigenvalue weighted by atomic mass is 9.85. The van der Waals surface area contributed by atoms with E-state index >= 15 is 0 Å². The van der Waals surface area contributed by atoms with Crippen LogP contribution in [0.1, 0.15) is 40.0 Å². The second-order valence-corrected chi connectivity index (χ2v) is 6.82. The van der Waals surface area contributed by atoms with Gasteiger partial charge < -0.3 is 10.1 Å². The number of rotatable bonds is 6. The number of likely N-dealkylation sites (tertiary alicyclic amines) is 1. The van der Waals surface area contributed by atoms with Crippen molar-refractivity contribution in [2.24, 2.45) is 11.8 Å². The first-order valence-electron chi connectivity index (χ1n) is 9.05. The van der Waals surface area contributed by atoms with Gasteiger partial charge >= 0.3 is 12.0 Å². The summed E-state index contributed by atoms with van der Waals surface area (Å²) >= 11 is 0. The number of fused-ring (bicyclic) bond motifs is 1. The quantitative estimate of drug-likeness (QED) is 0.394. The molecule has 0 aromatic heterocycles. The zero-order chi connectivity index (χ0) is 20.1. The first-order chi connectivity index (χ1) is 12.8. The van der Waals surface area contributed by atoms with E-state index in [0.717, 1.165) is 4.90 Å². The van der Waals surface area contributed by atoms with Gasteiger partial charge in [-0.1, -0.05) is 19.1 Å². The third-order valence-corrected chi connectivity index (χ3v) is 4.86. The van der Waals surface area contributed by atoms with E-state index in [-0.39, 0.29) is 6.04 Å². The van der Waals surface area contributed by atoms with Crippen molar-refractivity contribution in [1.29, 1.82) is 0 Å². The molecule has 0 bridgehead atoms. The number of amides is 5. The molecule has 0 aromatic rings. The van der Waals surface area contributed by atoms with E-state index in [2.05, 4.69) is 5.32 Å². The highest BCUT2D eigenvalue weighted by atomic mass is 16.5. The Morgan fingerprint density at radius 1 is 1.15 bits per heavy atom. The van der Waals surface area contributed by atoms with Gasteiger partial charge in [0.25, 0.3) is 5.91 Å². The molecule has 1 aliphatic heterocycles. The molecule has 9 heteroatoms. The van der Waals surface area contributed by atoms with E-state index in [0.29, 0.717) is 19.3 Å². The number of imide groups is 2. The molecule has 1 aliphatic carbocycles. The van der Waals surface area contributed by atoms with Crippen LogP contribution in [0.25, 0.3) is 0 Å². The Kier molecular flexibility index (Phi) is 6.70. The lowest BCUT2D eigenvalue weighted by Gasteiger charge is -2.21. The topological polar surface area (TPSA) is 122 Å². The van der Waals surface area contributed by atoms with Crippen molar-refractivity contribution in [2.75, 3.05) is 6.61 Å². The number of ether oxygens (including phenoxy) is 1. The molecular formula is C18H25N3O6. The number of esters is 1. The van der Waals surface area contributed by atoms with E-state index in [1.54, 1.807) is 6.92 Å². The lowest BCUT2D eigenvalue weighted by Crippen LogP contribution is -2.47. The number of carbonyl (C=O) groups excluding carboxylic acids is 5. The molecule has 0 aromatic carbocycles. The van der Waals surface area contributed by atoms with Gasteiger partial charge in [-0.15, -0.1) is 0 Å². The van der Waals surface area contributed by atoms with Crippen molar-refractivity contribution >= 4 is 29.7 Å². The van der Waals surface area contributed by atoms with E-state index in [1.807, 2.05) is 24.4 Å². The summed E-state index contributed by atoms with van der Waals surface area (Å²) in [7, 11) is 0. The Labute approximate surface area is 157 Å². The van der Waals surface area contributed by atoms with Gasteiger partial charge in [-0.05, 0) is 33.1 Å². The van der Waals surface area contributed by atoms with Crippen molar-refractivity contribution in [3.8, 4) is 0 Å². The summed E-state index contributed by atoms with van der Waals surface area (Å²) in [6, 6.07) is -1.91. The number of allylic oxidation sites excluding steroid dienone is 2. The van der Waals surface area contributed by atoms with Crippen molar-refractivity contribution < 1.29 is 28.7 Å². The van der Waals surface area contributed by atoms with E-state index in [4.69, 9.17) is 4.74 Å². The summed E-state index contributed by atoms with van der Waals surface area (Å²) in [6.07, 6.45) is 5.35. The summed E-state index contributed by atoms with van der Waals surface area (Å²) in [5.41, 5.74) is 0. The predicted octanol–water partition coefficient (Wildman–Crippen LogP) is 0.494. The van der Waals surface area contributed by atoms with Crippen LogP contribution in [0, 0.1) is 11.8 Å². The molecule has 0 radical (unpaired) electrons. The lowest BCUT2D eigenvalue weighted by molar-refractivity contribution is -0.159. The molecule has 5 amide bonds. The minimum absolute atomic E-state index is 0.106. The summed E-state index contributed by atoms with van der Waals surface area (Å²) in [5, 5.41) is 4.59. The standard InChI is InChI=1S/C18H25N3O6/c1-4-10(2)19-18(26)20-14(22)9-27-17(25)11(3)21-15(23)12-7-5-6-8-13(12)16(21)24/h5-6,10-13H,4,7-9H2,1-3H3,(H2,19,20,22,26)/t10-,11-,12-,13-/m0/s1. The van der Waals surface area contributed by atoms with Crippen molar-refractivity contribution in [3.05, 3.63) is 12.2 Å². The molecule has 27 heavy (non-hydrogen) atoms. The van der Waals surface area contributed by atoms with Gasteiger partial charge in [0.15, 0.2) is 6.61 Å². The zero-order valence-electron chi connectivity index (χ0n) is 15.7. The van der Waals surface area contributed by atoms with Crippen LogP contribution in [0.3, 0.4) is 0 Å². The van der Waals surface area contributed by atoms with Crippen molar-refractivity contribution in [1.82, 2.24) is 15.5 Å². The van der Waals surface area contributed by atoms with Crippen LogP contribution in [-0.2, 0) is 23.9 Å². The monoisotopic (exact) mass is 379 g/mol. The molecule has 1 heterocycles. The SMILES string of the molecule is CC[C@H](C)NC(=O)NC(=O)COC(=O)[C@H](C)N1C(=O)[C@H]2CC=CC[C@@H]2C1=O. The maximum atomic E-state index is 12.4. The minimum Gasteiger partial charge on any atom is -0.454 e. The van der Waals surface area contributed by atoms with Gasteiger partial charge in [-0.3, -0.25) is 24.6 Å². The second-order valence-electron chi connectivity index (χ2n) is 6.82. The number of hydrogen-bond donors (Lipinski definition) is 2. The predicted molar refractivity (Wildman–Crippen MR) is 94.1 cm³/mol. The highest BCUT2D eigenvalue weighted by Crippen LogP contribution is 2.36. The van der Waals surface area contributed by atoms with E-state index in [1.165, 1.54) is 6.92 Å². The summed E-state index contributed by atoms with van der Waals surface area (Å²) in [6.45, 7) is 4.37. The van der Waals surface area contributed by atoms with Gasteiger partial charge in [-0.2, -0.15) is 0 Å². The third kappa shape index (κ3) is 4.72. The van der Waals surface area contributed by atoms with Crippen molar-refractivity contribution in [2.45, 2.75) is 52.1 Å². The number of urea groups is 1. The van der Waals surface area contributed by atoms with Gasteiger partial charge in [0.05, 0.1) is 11.8 Å². The third-order valence-electron chi connectivity index (χ3n) is 4.86. The van der Waals surface area contributed by atoms with Crippen LogP contribution in [0.5, 0.6) is 0 Å². The summed E-state index contributed by atoms with van der Waals surface area (Å²) in [5.74, 6) is -3.34. The Bertz CT molecular complexity index is 648. The molecule has 0 spiro atoms. The van der Waals surface area contributed by atoms with E-state index in [9.17, 15) is 24.0 Å². The fourth-order valence-corrected chi connectivity index (χ4v) is 3.10. The molecular weight excluding hydrogens is 354 g/mol. The van der Waals surface area contributed by atoms with Crippen molar-refractivity contribution in [3.63, 3.8) is 0 Å². The van der Waals surface area contributed by atoms with Crippen LogP contribution in [0.4, 0.5) is 4.79 Å². The Hall–Kier alpha value is -2.71. The fraction of sp³-hybridized carbons (Fsp3) is 0.611. The smallest absolute Gasteiger partial charge is 0.329 e. The van der Waals surface area contributed by atoms with Crippen LogP contribution >= 0.6 is 0 Å². The number of carbonyl (C=O) groups is 5. The average molecular weight is 379 g/mol. The van der Waals surface area contributed by atoms with Gasteiger partial charge in [0.1, 0.15) is 6.04 Å². The molecule has 2 N–H and O–H groups in total. The van der Waals surface area contributed by atoms with Gasteiger partial charge in [0, 0.05) is 6.04 Å². The van der Waals surface area contributed by atoms with Gasteiger partial charge in [-0.25, -0.2) is 9.59 Å². The zero-order valence-corrected chi connectivity index (χ0v) is 15.7. The molecule has 4 atom stereocenters. The molecule has 148 valence electrons. The fourth-order valence-electron chi connectivity index (χ4n) is 3.10. The number of nitrogens with one attached hydrogen (secondary N) is 2. The number of nitrogens with zero attached hydrogens (tertiary/aromatic N) is 1. The number of hydrogen-bond acceptors (Lipinski definition) is 6. The molecule has 1 fully saturated rings. The maximum Gasteiger partial charge on any atom is 0.329 e. The molecule has 0 unspecified atom stereocenters. The highest BCUT2D eigenvalue weighted by molar-refractivity contribution is 6.08. The normalized spacial score (nSPS) is 23.4. The molecule has 0 saturated carbocycles. The van der Waals surface area contributed by atoms with Crippen LogP contribution in [0.2, 0.25) is 0 Å². The Morgan fingerprint density at radius 3 is 2.22 bits per heavy atom. The first-order valence-corrected chi connectivity index (χ1v) is 9.05. The largest absolute Gasteiger partial charge is 0.454 e. The maximum absolute atomic E-state index is 12.4. The van der Waals surface area contributed by atoms with E-state index < -0.39 is 54.2 Å². The van der Waals surface area contributed by atoms with Crippen LogP contribution in [0.15, 0.2) is 12.2 Å². The van der Waals surface area contributed by atoms with Crippen LogP contribution in [-0.4, -0.2) is 53.3 Å². The minimum atomic E-state index is -1.13. The Morgan fingerprint density at radius 2 is 1.70 bits per heavy atom.